The fourth-order valence-electron chi connectivity index (χ4n) is 3.96. The molecular weight excluding hydrogens is 522 g/mol. The molecule has 3 aromatic carbocycles. The van der Waals surface area contributed by atoms with Gasteiger partial charge in [0.25, 0.3) is 5.91 Å². The zero-order valence-electron chi connectivity index (χ0n) is 17.7. The summed E-state index contributed by atoms with van der Waals surface area (Å²) in [5, 5.41) is 0. The van der Waals surface area contributed by atoms with Gasteiger partial charge < -0.3 is 4.57 Å². The third-order valence-corrected chi connectivity index (χ3v) is 9.25. The smallest absolute Gasteiger partial charge is 0.279 e. The fraction of sp³-hybridized carbons (Fsp3) is 0.167. The van der Waals surface area contributed by atoms with Gasteiger partial charge in [-0.2, -0.15) is 9.30 Å². The number of hydrogen-bond donors (Lipinski definition) is 0. The van der Waals surface area contributed by atoms with Crippen molar-refractivity contribution >= 4 is 53.4 Å². The van der Waals surface area contributed by atoms with Crippen LogP contribution < -0.4 is 4.80 Å². The molecule has 1 amide bonds. The van der Waals surface area contributed by atoms with Crippen LogP contribution in [0.25, 0.3) is 10.2 Å². The summed E-state index contributed by atoms with van der Waals surface area (Å²) >= 11 is 4.89. The van der Waals surface area contributed by atoms with Crippen LogP contribution in [0.1, 0.15) is 21.5 Å². The average Bonchev–Trinajstić information content (AvgIpc) is 3.12. The average molecular weight is 542 g/mol. The number of aromatic nitrogens is 1. The van der Waals surface area contributed by atoms with E-state index in [1.54, 1.807) is 0 Å². The minimum absolute atomic E-state index is 0.177. The van der Waals surface area contributed by atoms with E-state index < -0.39 is 15.9 Å². The van der Waals surface area contributed by atoms with E-state index in [2.05, 4.69) is 20.9 Å². The highest BCUT2D eigenvalue weighted by molar-refractivity contribution is 9.10. The van der Waals surface area contributed by atoms with Crippen LogP contribution in [0.15, 0.2) is 81.1 Å². The Morgan fingerprint density at radius 3 is 2.52 bits per heavy atom. The molecule has 33 heavy (non-hydrogen) atoms. The Morgan fingerprint density at radius 1 is 1.03 bits per heavy atom. The number of carbonyl (C=O) groups is 1. The molecule has 0 N–H and O–H groups in total. The molecule has 6 nitrogen and oxygen atoms in total. The molecule has 1 aliphatic rings. The lowest BCUT2D eigenvalue weighted by atomic mass is 10.0. The second-order valence-corrected chi connectivity index (χ2v) is 11.7. The number of aryl methyl sites for hydroxylation is 1. The molecule has 0 spiro atoms. The van der Waals surface area contributed by atoms with Crippen molar-refractivity contribution in [2.45, 2.75) is 17.9 Å². The van der Waals surface area contributed by atoms with Gasteiger partial charge in [-0.15, -0.1) is 0 Å². The lowest BCUT2D eigenvalue weighted by Crippen LogP contribution is -2.35. The van der Waals surface area contributed by atoms with Crippen molar-refractivity contribution in [3.05, 3.63) is 92.7 Å². The maximum atomic E-state index is 13.2. The number of halogens is 1. The molecule has 0 saturated carbocycles. The second kappa shape index (κ2) is 8.64. The third kappa shape index (κ3) is 4.21. The van der Waals surface area contributed by atoms with Crippen LogP contribution >= 0.6 is 27.3 Å². The number of benzene rings is 3. The zero-order valence-corrected chi connectivity index (χ0v) is 21.0. The Bertz CT molecular complexity index is 1550. The van der Waals surface area contributed by atoms with Gasteiger partial charge in [-0.3, -0.25) is 4.79 Å². The Labute approximate surface area is 204 Å². The predicted octanol–water partition coefficient (Wildman–Crippen LogP) is 4.49. The molecule has 0 bridgehead atoms. The highest BCUT2D eigenvalue weighted by atomic mass is 79.9. The summed E-state index contributed by atoms with van der Waals surface area (Å²) in [6.45, 7) is 0.793. The highest BCUT2D eigenvalue weighted by Gasteiger charge is 2.28. The van der Waals surface area contributed by atoms with Crippen molar-refractivity contribution in [2.75, 3.05) is 6.54 Å². The van der Waals surface area contributed by atoms with Crippen LogP contribution in [0.4, 0.5) is 0 Å². The molecule has 0 radical (unpaired) electrons. The maximum absolute atomic E-state index is 13.2. The minimum atomic E-state index is -3.65. The van der Waals surface area contributed by atoms with Crippen molar-refractivity contribution in [3.63, 3.8) is 0 Å². The Kier molecular flexibility index (Phi) is 5.82. The van der Waals surface area contributed by atoms with Gasteiger partial charge >= 0.3 is 0 Å². The Hall–Kier alpha value is -2.59. The van der Waals surface area contributed by atoms with Crippen molar-refractivity contribution in [1.29, 1.82) is 0 Å². The molecule has 168 valence electrons. The number of fused-ring (bicyclic) bond motifs is 2. The summed E-state index contributed by atoms with van der Waals surface area (Å²) in [6, 6.07) is 19.8. The van der Waals surface area contributed by atoms with Gasteiger partial charge in [0.05, 0.1) is 15.1 Å². The molecule has 0 saturated heterocycles. The minimum Gasteiger partial charge on any atom is -0.319 e. The van der Waals surface area contributed by atoms with E-state index in [1.807, 2.05) is 54.1 Å². The van der Waals surface area contributed by atoms with Gasteiger partial charge in [-0.05, 0) is 60.0 Å². The predicted molar refractivity (Wildman–Crippen MR) is 133 cm³/mol. The van der Waals surface area contributed by atoms with Crippen LogP contribution in [-0.2, 0) is 30.0 Å². The van der Waals surface area contributed by atoms with Crippen molar-refractivity contribution in [2.24, 2.45) is 12.0 Å². The summed E-state index contributed by atoms with van der Waals surface area (Å²) in [5.41, 5.74) is 3.55. The van der Waals surface area contributed by atoms with E-state index in [0.717, 1.165) is 20.3 Å². The molecule has 1 aromatic heterocycles. The largest absolute Gasteiger partial charge is 0.319 e. The van der Waals surface area contributed by atoms with Gasteiger partial charge in [0.15, 0.2) is 4.80 Å². The number of nitrogens with zero attached hydrogens (tertiary/aromatic N) is 3. The van der Waals surface area contributed by atoms with Crippen molar-refractivity contribution < 1.29 is 13.2 Å². The molecule has 0 fully saturated rings. The van der Waals surface area contributed by atoms with Crippen LogP contribution in [-0.4, -0.2) is 29.7 Å². The van der Waals surface area contributed by atoms with Gasteiger partial charge in [0.1, 0.15) is 0 Å². The first-order chi connectivity index (χ1) is 15.8. The summed E-state index contributed by atoms with van der Waals surface area (Å²) in [7, 11) is -1.78. The molecule has 4 aromatic rings. The standard InChI is InChI=1S/C24H20BrN3O3S2/c1-27-21-11-8-19(25)14-22(21)32-24(27)26-23(29)17-6-9-20(10-7-17)33(30,31)28-13-12-16-4-2-3-5-18(16)15-28/h2-11,14H,12-13,15H2,1H3. The number of carbonyl (C=O) groups excluding carboxylic acids is 1. The summed E-state index contributed by atoms with van der Waals surface area (Å²) in [4.78, 5) is 17.8. The van der Waals surface area contributed by atoms with Crippen LogP contribution in [0.3, 0.4) is 0 Å². The molecule has 2 heterocycles. The number of amides is 1. The topological polar surface area (TPSA) is 71.7 Å². The number of sulfonamides is 1. The quantitative estimate of drug-likeness (QED) is 0.383. The molecule has 1 aliphatic heterocycles. The molecule has 5 rings (SSSR count). The van der Waals surface area contributed by atoms with Gasteiger partial charge in [0.2, 0.25) is 10.0 Å². The number of thiazole rings is 1. The molecular formula is C24H20BrN3O3S2. The first-order valence-corrected chi connectivity index (χ1v) is 13.4. The number of hydrogen-bond acceptors (Lipinski definition) is 4. The summed E-state index contributed by atoms with van der Waals surface area (Å²) < 4.78 is 31.6. The van der Waals surface area contributed by atoms with Gasteiger partial charge in [0, 0.05) is 30.2 Å². The summed E-state index contributed by atoms with van der Waals surface area (Å²) in [5.74, 6) is -0.410. The number of rotatable bonds is 3. The molecule has 0 atom stereocenters. The van der Waals surface area contributed by atoms with Crippen LogP contribution in [0, 0.1) is 0 Å². The van der Waals surface area contributed by atoms with E-state index in [0.29, 0.717) is 29.9 Å². The second-order valence-electron chi connectivity index (χ2n) is 7.85. The van der Waals surface area contributed by atoms with Crippen molar-refractivity contribution in [3.8, 4) is 0 Å². The van der Waals surface area contributed by atoms with Crippen LogP contribution in [0.5, 0.6) is 0 Å². The first kappa shape index (κ1) is 22.2. The highest BCUT2D eigenvalue weighted by Crippen LogP contribution is 2.25. The first-order valence-electron chi connectivity index (χ1n) is 10.3. The maximum Gasteiger partial charge on any atom is 0.279 e. The molecule has 9 heteroatoms. The molecule has 0 unspecified atom stereocenters. The van der Waals surface area contributed by atoms with Crippen molar-refractivity contribution in [1.82, 2.24) is 8.87 Å². The fourth-order valence-corrected chi connectivity index (χ4v) is 6.95. The van der Waals surface area contributed by atoms with E-state index in [4.69, 9.17) is 0 Å². The van der Waals surface area contributed by atoms with E-state index >= 15 is 0 Å². The lowest BCUT2D eigenvalue weighted by molar-refractivity contribution is 0.0998. The normalized spacial score (nSPS) is 15.0. The Morgan fingerprint density at radius 2 is 1.76 bits per heavy atom. The monoisotopic (exact) mass is 541 g/mol. The lowest BCUT2D eigenvalue weighted by Gasteiger charge is -2.28. The molecule has 0 aliphatic carbocycles. The third-order valence-electron chi connectivity index (χ3n) is 5.80. The van der Waals surface area contributed by atoms with E-state index in [9.17, 15) is 13.2 Å². The zero-order chi connectivity index (χ0) is 23.2. The van der Waals surface area contributed by atoms with E-state index in [1.165, 1.54) is 45.5 Å². The SMILES string of the molecule is Cn1c(=NC(=O)c2ccc(S(=O)(=O)N3CCc4ccccc4C3)cc2)sc2cc(Br)ccc21. The summed E-state index contributed by atoms with van der Waals surface area (Å²) in [6.07, 6.45) is 0.688. The Balaban J connectivity index is 1.40. The van der Waals surface area contributed by atoms with Gasteiger partial charge in [-0.1, -0.05) is 51.5 Å². The van der Waals surface area contributed by atoms with Crippen LogP contribution in [0.2, 0.25) is 0 Å². The van der Waals surface area contributed by atoms with Gasteiger partial charge in [-0.25, -0.2) is 8.42 Å². The van der Waals surface area contributed by atoms with E-state index in [-0.39, 0.29) is 4.90 Å².